The van der Waals surface area contributed by atoms with Crippen molar-refractivity contribution in [1.82, 2.24) is 29.5 Å². The number of nitrogens with one attached hydrogen (secondary N) is 1. The van der Waals surface area contributed by atoms with Crippen molar-refractivity contribution in [2.24, 2.45) is 7.05 Å². The first-order chi connectivity index (χ1) is 12.1. The molecule has 0 radical (unpaired) electrons. The molecule has 1 N–H and O–H groups in total. The van der Waals surface area contributed by atoms with Crippen LogP contribution in [-0.2, 0) is 18.4 Å². The van der Waals surface area contributed by atoms with Crippen LogP contribution in [-0.4, -0.2) is 56.3 Å². The average molecular weight is 346 g/mol. The number of hydrogen-bond acceptors (Lipinski definition) is 5. The van der Waals surface area contributed by atoms with Gasteiger partial charge in [0.15, 0.2) is 5.65 Å². The molecule has 0 saturated carbocycles. The van der Waals surface area contributed by atoms with Gasteiger partial charge in [-0.05, 0) is 38.9 Å². The highest BCUT2D eigenvalue weighted by molar-refractivity contribution is 5.77. The second-order valence-corrected chi connectivity index (χ2v) is 6.64. The summed E-state index contributed by atoms with van der Waals surface area (Å²) in [5.74, 6) is -0.164. The smallest absolute Gasteiger partial charge is 0.264 e. The van der Waals surface area contributed by atoms with Crippen molar-refractivity contribution in [3.63, 3.8) is 0 Å². The van der Waals surface area contributed by atoms with Crippen molar-refractivity contribution in [3.8, 4) is 0 Å². The molecule has 1 aliphatic rings. The van der Waals surface area contributed by atoms with E-state index in [1.807, 2.05) is 0 Å². The summed E-state index contributed by atoms with van der Waals surface area (Å²) in [7, 11) is 1.73. The lowest BCUT2D eigenvalue weighted by molar-refractivity contribution is -0.121. The molecule has 3 heterocycles. The largest absolute Gasteiger partial charge is 0.354 e. The predicted molar refractivity (Wildman–Crippen MR) is 95.3 cm³/mol. The molecule has 1 amide bonds. The Bertz CT molecular complexity index is 773. The van der Waals surface area contributed by atoms with E-state index in [2.05, 4.69) is 20.3 Å². The molecule has 0 atom stereocenters. The van der Waals surface area contributed by atoms with Gasteiger partial charge in [-0.15, -0.1) is 0 Å². The molecule has 0 aromatic carbocycles. The highest BCUT2D eigenvalue weighted by Gasteiger charge is 2.11. The molecule has 25 heavy (non-hydrogen) atoms. The van der Waals surface area contributed by atoms with Crippen LogP contribution >= 0.6 is 0 Å². The summed E-state index contributed by atoms with van der Waals surface area (Å²) in [6.07, 6.45) is 9.04. The molecule has 0 spiro atoms. The van der Waals surface area contributed by atoms with Crippen molar-refractivity contribution in [1.29, 1.82) is 0 Å². The maximum Gasteiger partial charge on any atom is 0.264 e. The summed E-state index contributed by atoms with van der Waals surface area (Å²) in [5.41, 5.74) is 0.289. The monoisotopic (exact) mass is 346 g/mol. The van der Waals surface area contributed by atoms with E-state index >= 15 is 0 Å². The first-order valence-electron chi connectivity index (χ1n) is 9.01. The lowest BCUT2D eigenvalue weighted by Crippen LogP contribution is -2.34. The summed E-state index contributed by atoms with van der Waals surface area (Å²) in [6.45, 7) is 3.97. The van der Waals surface area contributed by atoms with E-state index < -0.39 is 0 Å². The van der Waals surface area contributed by atoms with Crippen LogP contribution < -0.4 is 10.9 Å². The van der Waals surface area contributed by atoms with E-state index in [4.69, 9.17) is 0 Å². The minimum atomic E-state index is -0.238. The molecule has 8 nitrogen and oxygen atoms in total. The molecule has 0 aliphatic carbocycles. The van der Waals surface area contributed by atoms with Crippen molar-refractivity contribution >= 4 is 16.9 Å². The van der Waals surface area contributed by atoms with E-state index in [1.165, 1.54) is 55.9 Å². The molecule has 3 rings (SSSR count). The zero-order chi connectivity index (χ0) is 17.6. The number of aryl methyl sites for hydroxylation is 1. The Hall–Kier alpha value is -2.22. The van der Waals surface area contributed by atoms with Gasteiger partial charge in [0.2, 0.25) is 5.91 Å². The lowest BCUT2D eigenvalue weighted by atomic mass is 10.2. The van der Waals surface area contributed by atoms with Gasteiger partial charge in [0.05, 0.1) is 6.20 Å². The highest BCUT2D eigenvalue weighted by atomic mass is 16.2. The average Bonchev–Trinajstić information content (AvgIpc) is 2.82. The Labute approximate surface area is 146 Å². The van der Waals surface area contributed by atoms with Crippen LogP contribution in [0, 0.1) is 0 Å². The van der Waals surface area contributed by atoms with Gasteiger partial charge in [-0.25, -0.2) is 4.98 Å². The fourth-order valence-corrected chi connectivity index (χ4v) is 3.28. The molecule has 0 unspecified atom stereocenters. The molecule has 1 fully saturated rings. The standard InChI is InChI=1S/C17H26N6O2/c1-21-16-14(11-20-21)17(25)23(13-19-16)12-15(24)18-7-6-10-22-8-4-2-3-5-9-22/h11,13H,2-10,12H2,1H3,(H,18,24). The fraction of sp³-hybridized carbons (Fsp3) is 0.647. The molecule has 0 bridgehead atoms. The molecule has 2 aromatic heterocycles. The Morgan fingerprint density at radius 1 is 1.24 bits per heavy atom. The highest BCUT2D eigenvalue weighted by Crippen LogP contribution is 2.09. The summed E-state index contributed by atoms with van der Waals surface area (Å²) < 4.78 is 2.87. The normalized spacial score (nSPS) is 16.0. The predicted octanol–water partition coefficient (Wildman–Crippen LogP) is 0.512. The quantitative estimate of drug-likeness (QED) is 0.771. The van der Waals surface area contributed by atoms with E-state index in [0.29, 0.717) is 17.6 Å². The van der Waals surface area contributed by atoms with Crippen molar-refractivity contribution < 1.29 is 4.79 Å². The van der Waals surface area contributed by atoms with Crippen LogP contribution in [0.1, 0.15) is 32.1 Å². The maximum atomic E-state index is 12.3. The Morgan fingerprint density at radius 3 is 2.76 bits per heavy atom. The second kappa shape index (κ2) is 8.24. The first-order valence-corrected chi connectivity index (χ1v) is 9.01. The van der Waals surface area contributed by atoms with Gasteiger partial charge in [-0.1, -0.05) is 12.8 Å². The van der Waals surface area contributed by atoms with Crippen LogP contribution in [0.5, 0.6) is 0 Å². The van der Waals surface area contributed by atoms with Gasteiger partial charge in [0.25, 0.3) is 5.56 Å². The van der Waals surface area contributed by atoms with E-state index in [-0.39, 0.29) is 18.0 Å². The number of amides is 1. The summed E-state index contributed by atoms with van der Waals surface area (Å²) >= 11 is 0. The first kappa shape index (κ1) is 17.6. The third-order valence-corrected chi connectivity index (χ3v) is 4.70. The van der Waals surface area contributed by atoms with Crippen molar-refractivity contribution in [2.45, 2.75) is 38.6 Å². The fourth-order valence-electron chi connectivity index (χ4n) is 3.28. The lowest BCUT2D eigenvalue weighted by Gasteiger charge is -2.19. The summed E-state index contributed by atoms with van der Waals surface area (Å²) in [4.78, 5) is 31.1. The number of nitrogens with zero attached hydrogens (tertiary/aromatic N) is 5. The maximum absolute atomic E-state index is 12.3. The molecular formula is C17H26N6O2. The van der Waals surface area contributed by atoms with Gasteiger partial charge in [-0.3, -0.25) is 18.8 Å². The Kier molecular flexibility index (Phi) is 5.80. The Balaban J connectivity index is 1.46. The number of fused-ring (bicyclic) bond motifs is 1. The minimum Gasteiger partial charge on any atom is -0.354 e. The molecule has 136 valence electrons. The second-order valence-electron chi connectivity index (χ2n) is 6.64. The number of carbonyl (C=O) groups is 1. The number of rotatable bonds is 6. The number of aromatic nitrogens is 4. The van der Waals surface area contributed by atoms with Gasteiger partial charge in [-0.2, -0.15) is 5.10 Å². The third kappa shape index (κ3) is 4.45. The number of hydrogen-bond donors (Lipinski definition) is 1. The minimum absolute atomic E-state index is 0.0135. The van der Waals surface area contributed by atoms with Crippen LogP contribution in [0.4, 0.5) is 0 Å². The third-order valence-electron chi connectivity index (χ3n) is 4.70. The number of likely N-dealkylation sites (tertiary alicyclic amines) is 1. The van der Waals surface area contributed by atoms with Gasteiger partial charge >= 0.3 is 0 Å². The van der Waals surface area contributed by atoms with Crippen LogP contribution in [0.2, 0.25) is 0 Å². The SMILES string of the molecule is Cn1ncc2c(=O)n(CC(=O)NCCCN3CCCCCC3)cnc21. The van der Waals surface area contributed by atoms with Crippen molar-refractivity contribution in [3.05, 3.63) is 22.9 Å². The van der Waals surface area contributed by atoms with Crippen LogP contribution in [0.15, 0.2) is 17.3 Å². The van der Waals surface area contributed by atoms with Crippen molar-refractivity contribution in [2.75, 3.05) is 26.2 Å². The molecule has 8 heteroatoms. The molecule has 1 saturated heterocycles. The molecule has 2 aromatic rings. The van der Waals surface area contributed by atoms with Gasteiger partial charge < -0.3 is 10.2 Å². The van der Waals surface area contributed by atoms with E-state index in [1.54, 1.807) is 11.7 Å². The Morgan fingerprint density at radius 2 is 2.00 bits per heavy atom. The number of carbonyl (C=O) groups excluding carboxylic acids is 1. The van der Waals surface area contributed by atoms with E-state index in [0.717, 1.165) is 13.0 Å². The zero-order valence-corrected chi connectivity index (χ0v) is 14.8. The van der Waals surface area contributed by atoms with Crippen LogP contribution in [0.25, 0.3) is 11.0 Å². The van der Waals surface area contributed by atoms with Gasteiger partial charge in [0, 0.05) is 13.6 Å². The van der Waals surface area contributed by atoms with Crippen LogP contribution in [0.3, 0.4) is 0 Å². The molecular weight excluding hydrogens is 320 g/mol. The summed E-state index contributed by atoms with van der Waals surface area (Å²) in [6, 6.07) is 0. The zero-order valence-electron chi connectivity index (χ0n) is 14.8. The van der Waals surface area contributed by atoms with E-state index in [9.17, 15) is 9.59 Å². The van der Waals surface area contributed by atoms with Gasteiger partial charge in [0.1, 0.15) is 18.3 Å². The summed E-state index contributed by atoms with van der Waals surface area (Å²) in [5, 5.41) is 7.35. The topological polar surface area (TPSA) is 85.0 Å². The molecule has 1 aliphatic heterocycles.